The number of nitro groups is 1. The van der Waals surface area contributed by atoms with Crippen LogP contribution in [0, 0.1) is 10.1 Å². The molecule has 8 nitrogen and oxygen atoms in total. The molecule has 9 heteroatoms. The molecule has 0 saturated heterocycles. The molecule has 0 amide bonds. The SMILES string of the molecule is COc1ccc([N+](=O)[O-])c(OC)c1COS(C)(=O)=O. The minimum atomic E-state index is -3.69. The summed E-state index contributed by atoms with van der Waals surface area (Å²) in [6, 6.07) is 2.56. The van der Waals surface area contributed by atoms with Gasteiger partial charge in [0.05, 0.1) is 37.6 Å². The summed E-state index contributed by atoms with van der Waals surface area (Å²) >= 11 is 0. The number of hydrogen-bond donors (Lipinski definition) is 0. The third-order valence-electron chi connectivity index (χ3n) is 2.23. The van der Waals surface area contributed by atoms with Crippen molar-refractivity contribution in [3.63, 3.8) is 0 Å². The van der Waals surface area contributed by atoms with E-state index in [4.69, 9.17) is 9.47 Å². The van der Waals surface area contributed by atoms with Gasteiger partial charge in [-0.05, 0) is 6.07 Å². The zero-order valence-electron chi connectivity index (χ0n) is 10.6. The quantitative estimate of drug-likeness (QED) is 0.438. The highest BCUT2D eigenvalue weighted by molar-refractivity contribution is 7.85. The summed E-state index contributed by atoms with van der Waals surface area (Å²) in [5.74, 6) is 0.152. The van der Waals surface area contributed by atoms with E-state index in [0.29, 0.717) is 0 Å². The Labute approximate surface area is 110 Å². The van der Waals surface area contributed by atoms with E-state index in [9.17, 15) is 18.5 Å². The Kier molecular flexibility index (Phi) is 4.67. The summed E-state index contributed by atoms with van der Waals surface area (Å²) in [6.45, 7) is -0.410. The molecule has 1 aromatic rings. The summed E-state index contributed by atoms with van der Waals surface area (Å²) in [7, 11) is -1.09. The van der Waals surface area contributed by atoms with Crippen LogP contribution in [-0.4, -0.2) is 33.8 Å². The summed E-state index contributed by atoms with van der Waals surface area (Å²) < 4.78 is 36.6. The van der Waals surface area contributed by atoms with Gasteiger partial charge in [-0.25, -0.2) is 0 Å². The van der Waals surface area contributed by atoms with Gasteiger partial charge in [0.25, 0.3) is 10.1 Å². The average molecular weight is 291 g/mol. The summed E-state index contributed by atoms with van der Waals surface area (Å²) in [5.41, 5.74) is -0.139. The Balaban J connectivity index is 3.31. The van der Waals surface area contributed by atoms with E-state index in [0.717, 1.165) is 6.26 Å². The van der Waals surface area contributed by atoms with Gasteiger partial charge in [0.2, 0.25) is 5.75 Å². The number of nitrogens with zero attached hydrogens (tertiary/aromatic N) is 1. The van der Waals surface area contributed by atoms with Gasteiger partial charge in [-0.2, -0.15) is 8.42 Å². The minimum absolute atomic E-state index is 0.0898. The molecule has 0 aliphatic rings. The molecular formula is C10H13NO7S. The first kappa shape index (κ1) is 15.2. The molecule has 0 saturated carbocycles. The molecule has 106 valence electrons. The number of methoxy groups -OCH3 is 2. The van der Waals surface area contributed by atoms with Crippen LogP contribution in [-0.2, 0) is 20.9 Å². The smallest absolute Gasteiger partial charge is 0.311 e. The fraction of sp³-hybridized carbons (Fsp3) is 0.400. The molecule has 0 unspecified atom stereocenters. The van der Waals surface area contributed by atoms with Crippen LogP contribution in [0.2, 0.25) is 0 Å². The van der Waals surface area contributed by atoms with Crippen LogP contribution < -0.4 is 9.47 Å². The van der Waals surface area contributed by atoms with E-state index in [-0.39, 0.29) is 22.7 Å². The van der Waals surface area contributed by atoms with E-state index >= 15 is 0 Å². The molecular weight excluding hydrogens is 278 g/mol. The maximum absolute atomic E-state index is 11.0. The van der Waals surface area contributed by atoms with E-state index in [1.807, 2.05) is 0 Å². The summed E-state index contributed by atoms with van der Waals surface area (Å²) in [6.07, 6.45) is 0.878. The Bertz CT molecular complexity index is 582. The molecule has 0 aliphatic carbocycles. The first-order valence-electron chi connectivity index (χ1n) is 5.02. The maximum Gasteiger partial charge on any atom is 0.311 e. The third-order valence-corrected chi connectivity index (χ3v) is 2.78. The normalized spacial score (nSPS) is 11.1. The molecule has 0 atom stereocenters. The van der Waals surface area contributed by atoms with Crippen LogP contribution >= 0.6 is 0 Å². The predicted molar refractivity (Wildman–Crippen MR) is 65.8 cm³/mol. The van der Waals surface area contributed by atoms with Gasteiger partial charge in [0.1, 0.15) is 5.75 Å². The molecule has 19 heavy (non-hydrogen) atoms. The monoisotopic (exact) mass is 291 g/mol. The van der Waals surface area contributed by atoms with E-state index in [1.54, 1.807) is 0 Å². The van der Waals surface area contributed by atoms with Crippen LogP contribution in [0.3, 0.4) is 0 Å². The van der Waals surface area contributed by atoms with Crippen molar-refractivity contribution in [2.75, 3.05) is 20.5 Å². The first-order chi connectivity index (χ1) is 8.80. The Morgan fingerprint density at radius 1 is 1.26 bits per heavy atom. The van der Waals surface area contributed by atoms with Crippen LogP contribution in [0.25, 0.3) is 0 Å². The van der Waals surface area contributed by atoms with Crippen molar-refractivity contribution in [1.82, 2.24) is 0 Å². The van der Waals surface area contributed by atoms with Crippen molar-refractivity contribution < 1.29 is 27.0 Å². The second-order valence-corrected chi connectivity index (χ2v) is 5.17. The largest absolute Gasteiger partial charge is 0.496 e. The highest BCUT2D eigenvalue weighted by Gasteiger charge is 2.23. The van der Waals surface area contributed by atoms with Crippen molar-refractivity contribution in [2.45, 2.75) is 6.61 Å². The molecule has 1 rings (SSSR count). The molecule has 0 N–H and O–H groups in total. The number of benzene rings is 1. The van der Waals surface area contributed by atoms with Crippen LogP contribution in [0.4, 0.5) is 5.69 Å². The van der Waals surface area contributed by atoms with E-state index in [1.165, 1.54) is 26.4 Å². The van der Waals surface area contributed by atoms with Gasteiger partial charge in [-0.15, -0.1) is 0 Å². The van der Waals surface area contributed by atoms with Crippen molar-refractivity contribution in [1.29, 1.82) is 0 Å². The van der Waals surface area contributed by atoms with Crippen molar-refractivity contribution in [2.24, 2.45) is 0 Å². The molecule has 1 aromatic carbocycles. The zero-order chi connectivity index (χ0) is 14.6. The lowest BCUT2D eigenvalue weighted by atomic mass is 10.1. The maximum atomic E-state index is 11.0. The second kappa shape index (κ2) is 5.85. The lowest BCUT2D eigenvalue weighted by Gasteiger charge is -2.12. The summed E-state index contributed by atoms with van der Waals surface area (Å²) in [5, 5.41) is 10.9. The number of hydrogen-bond acceptors (Lipinski definition) is 7. The fourth-order valence-electron chi connectivity index (χ4n) is 1.46. The molecule has 0 bridgehead atoms. The highest BCUT2D eigenvalue weighted by Crippen LogP contribution is 2.37. The first-order valence-corrected chi connectivity index (χ1v) is 6.84. The highest BCUT2D eigenvalue weighted by atomic mass is 32.2. The number of nitro benzene ring substituents is 1. The van der Waals surface area contributed by atoms with Crippen molar-refractivity contribution in [3.8, 4) is 11.5 Å². The minimum Gasteiger partial charge on any atom is -0.496 e. The zero-order valence-corrected chi connectivity index (χ0v) is 11.4. The predicted octanol–water partition coefficient (Wildman–Crippen LogP) is 1.09. The second-order valence-electron chi connectivity index (χ2n) is 3.52. The standard InChI is InChI=1S/C10H13NO7S/c1-16-9-5-4-8(11(12)13)10(17-2)7(9)6-18-19(3,14)15/h4-5H,6H2,1-3H3. The Hall–Kier alpha value is -1.87. The number of ether oxygens (including phenoxy) is 2. The van der Waals surface area contributed by atoms with E-state index in [2.05, 4.69) is 4.18 Å². The van der Waals surface area contributed by atoms with Crippen LogP contribution in [0.5, 0.6) is 11.5 Å². The topological polar surface area (TPSA) is 105 Å². The van der Waals surface area contributed by atoms with Gasteiger partial charge < -0.3 is 9.47 Å². The van der Waals surface area contributed by atoms with Crippen LogP contribution in [0.1, 0.15) is 5.56 Å². The lowest BCUT2D eigenvalue weighted by Crippen LogP contribution is -2.06. The van der Waals surface area contributed by atoms with Crippen LogP contribution in [0.15, 0.2) is 12.1 Å². The number of rotatable bonds is 6. The van der Waals surface area contributed by atoms with Gasteiger partial charge in [-0.1, -0.05) is 0 Å². The molecule has 0 spiro atoms. The molecule has 0 radical (unpaired) electrons. The van der Waals surface area contributed by atoms with Gasteiger partial charge in [0.15, 0.2) is 0 Å². The van der Waals surface area contributed by atoms with Gasteiger partial charge >= 0.3 is 5.69 Å². The van der Waals surface area contributed by atoms with Gasteiger partial charge in [0, 0.05) is 6.07 Å². The van der Waals surface area contributed by atoms with Gasteiger partial charge in [-0.3, -0.25) is 14.3 Å². The molecule has 0 aliphatic heterocycles. The van der Waals surface area contributed by atoms with Crippen molar-refractivity contribution >= 4 is 15.8 Å². The third kappa shape index (κ3) is 3.80. The average Bonchev–Trinajstić information content (AvgIpc) is 2.33. The summed E-state index contributed by atoms with van der Waals surface area (Å²) in [4.78, 5) is 10.2. The van der Waals surface area contributed by atoms with Crippen molar-refractivity contribution in [3.05, 3.63) is 27.8 Å². The molecule has 0 heterocycles. The lowest BCUT2D eigenvalue weighted by molar-refractivity contribution is -0.385. The fourth-order valence-corrected chi connectivity index (χ4v) is 1.79. The molecule has 0 fully saturated rings. The van der Waals surface area contributed by atoms with E-state index < -0.39 is 21.6 Å². The Morgan fingerprint density at radius 2 is 1.89 bits per heavy atom. The Morgan fingerprint density at radius 3 is 2.32 bits per heavy atom. The molecule has 0 aromatic heterocycles.